The van der Waals surface area contributed by atoms with E-state index in [0.717, 1.165) is 38.2 Å². The van der Waals surface area contributed by atoms with Gasteiger partial charge in [-0.3, -0.25) is 9.69 Å². The zero-order valence-electron chi connectivity index (χ0n) is 11.7. The lowest BCUT2D eigenvalue weighted by Crippen LogP contribution is -2.41. The number of ether oxygens (including phenoxy) is 1. The topological polar surface area (TPSA) is 41.6 Å². The van der Waals surface area contributed by atoms with Gasteiger partial charge in [0, 0.05) is 20.1 Å². The van der Waals surface area contributed by atoms with Crippen molar-refractivity contribution < 1.29 is 9.53 Å². The number of likely N-dealkylation sites (tertiary alicyclic amines) is 1. The van der Waals surface area contributed by atoms with Crippen LogP contribution in [0, 0.1) is 5.92 Å². The predicted molar refractivity (Wildman–Crippen MR) is 75.1 cm³/mol. The Kier molecular flexibility index (Phi) is 4.80. The van der Waals surface area contributed by atoms with E-state index < -0.39 is 0 Å². The van der Waals surface area contributed by atoms with Crippen LogP contribution in [0.3, 0.4) is 0 Å². The second-order valence-corrected chi connectivity index (χ2v) is 5.04. The third-order valence-corrected chi connectivity index (χ3v) is 3.69. The number of amides is 1. The Morgan fingerprint density at radius 2 is 2.16 bits per heavy atom. The number of hydrogen-bond donors (Lipinski definition) is 1. The largest absolute Gasteiger partial charge is 0.497 e. The van der Waals surface area contributed by atoms with E-state index in [9.17, 15) is 4.79 Å². The molecule has 1 aromatic carbocycles. The van der Waals surface area contributed by atoms with Crippen LogP contribution >= 0.6 is 0 Å². The van der Waals surface area contributed by atoms with E-state index in [-0.39, 0.29) is 11.8 Å². The average molecular weight is 262 g/mol. The predicted octanol–water partition coefficient (Wildman–Crippen LogP) is 1.65. The number of rotatable bonds is 4. The van der Waals surface area contributed by atoms with E-state index in [1.807, 2.05) is 12.1 Å². The highest BCUT2D eigenvalue weighted by Gasteiger charge is 2.24. The van der Waals surface area contributed by atoms with Crippen LogP contribution < -0.4 is 10.1 Å². The summed E-state index contributed by atoms with van der Waals surface area (Å²) in [6.07, 6.45) is 2.09. The molecule has 0 aromatic heterocycles. The van der Waals surface area contributed by atoms with Gasteiger partial charge in [-0.2, -0.15) is 0 Å². The summed E-state index contributed by atoms with van der Waals surface area (Å²) in [6, 6.07) is 8.13. The SMILES string of the molecule is CNC(=O)C1CCCN(Cc2ccc(OC)cc2)C1. The number of hydrogen-bond acceptors (Lipinski definition) is 3. The van der Waals surface area contributed by atoms with E-state index in [1.54, 1.807) is 14.2 Å². The molecule has 1 saturated heterocycles. The second-order valence-electron chi connectivity index (χ2n) is 5.04. The summed E-state index contributed by atoms with van der Waals surface area (Å²) >= 11 is 0. The lowest BCUT2D eigenvalue weighted by Gasteiger charge is -2.31. The zero-order valence-corrected chi connectivity index (χ0v) is 11.7. The Morgan fingerprint density at radius 3 is 2.79 bits per heavy atom. The minimum atomic E-state index is 0.136. The molecule has 4 heteroatoms. The quantitative estimate of drug-likeness (QED) is 0.897. The average Bonchev–Trinajstić information content (AvgIpc) is 2.47. The molecule has 1 N–H and O–H groups in total. The van der Waals surface area contributed by atoms with Gasteiger partial charge in [0.05, 0.1) is 13.0 Å². The number of piperidine rings is 1. The van der Waals surface area contributed by atoms with Gasteiger partial charge in [0.1, 0.15) is 5.75 Å². The van der Waals surface area contributed by atoms with Gasteiger partial charge in [0.2, 0.25) is 5.91 Å². The molecule has 0 spiro atoms. The number of carbonyl (C=O) groups is 1. The van der Waals surface area contributed by atoms with Crippen molar-refractivity contribution in [2.24, 2.45) is 5.92 Å². The van der Waals surface area contributed by atoms with Crippen molar-refractivity contribution in [3.8, 4) is 5.75 Å². The first-order valence-corrected chi connectivity index (χ1v) is 6.80. The summed E-state index contributed by atoms with van der Waals surface area (Å²) in [5.74, 6) is 1.18. The van der Waals surface area contributed by atoms with Gasteiger partial charge in [-0.25, -0.2) is 0 Å². The molecule has 0 radical (unpaired) electrons. The first-order valence-electron chi connectivity index (χ1n) is 6.80. The molecule has 1 aliphatic heterocycles. The molecule has 19 heavy (non-hydrogen) atoms. The summed E-state index contributed by atoms with van der Waals surface area (Å²) in [5, 5.41) is 2.75. The molecule has 0 aliphatic carbocycles. The molecule has 1 unspecified atom stereocenters. The maximum Gasteiger partial charge on any atom is 0.224 e. The molecule has 1 fully saturated rings. The van der Waals surface area contributed by atoms with E-state index in [0.29, 0.717) is 0 Å². The van der Waals surface area contributed by atoms with E-state index >= 15 is 0 Å². The number of nitrogens with zero attached hydrogens (tertiary/aromatic N) is 1. The fourth-order valence-electron chi connectivity index (χ4n) is 2.61. The Morgan fingerprint density at radius 1 is 1.42 bits per heavy atom. The van der Waals surface area contributed by atoms with E-state index in [4.69, 9.17) is 4.74 Å². The Bertz CT molecular complexity index is 417. The highest BCUT2D eigenvalue weighted by molar-refractivity contribution is 5.78. The summed E-state index contributed by atoms with van der Waals surface area (Å²) in [5.41, 5.74) is 1.26. The van der Waals surface area contributed by atoms with Gasteiger partial charge in [0.25, 0.3) is 0 Å². The van der Waals surface area contributed by atoms with Crippen LogP contribution in [0.15, 0.2) is 24.3 Å². The maximum absolute atomic E-state index is 11.7. The first-order chi connectivity index (χ1) is 9.22. The summed E-state index contributed by atoms with van der Waals surface area (Å²) in [6.45, 7) is 2.82. The van der Waals surface area contributed by atoms with Crippen LogP contribution in [-0.2, 0) is 11.3 Å². The molecule has 1 amide bonds. The molecular weight excluding hydrogens is 240 g/mol. The van der Waals surface area contributed by atoms with Crippen molar-refractivity contribution >= 4 is 5.91 Å². The molecule has 1 atom stereocenters. The summed E-state index contributed by atoms with van der Waals surface area (Å²) < 4.78 is 5.16. The second kappa shape index (κ2) is 6.57. The standard InChI is InChI=1S/C15H22N2O2/c1-16-15(18)13-4-3-9-17(11-13)10-12-5-7-14(19-2)8-6-12/h5-8,13H,3-4,9-11H2,1-2H3,(H,16,18). The molecule has 4 nitrogen and oxygen atoms in total. The van der Waals surface area contributed by atoms with E-state index in [2.05, 4.69) is 22.3 Å². The molecule has 1 heterocycles. The lowest BCUT2D eigenvalue weighted by atomic mass is 9.97. The van der Waals surface area contributed by atoms with Crippen LogP contribution in [0.2, 0.25) is 0 Å². The zero-order chi connectivity index (χ0) is 13.7. The summed E-state index contributed by atoms with van der Waals surface area (Å²) in [4.78, 5) is 14.0. The minimum Gasteiger partial charge on any atom is -0.497 e. The maximum atomic E-state index is 11.7. The van der Waals surface area contributed by atoms with Crippen molar-refractivity contribution in [1.29, 1.82) is 0 Å². The van der Waals surface area contributed by atoms with Crippen LogP contribution in [0.1, 0.15) is 18.4 Å². The lowest BCUT2D eigenvalue weighted by molar-refractivity contribution is -0.126. The van der Waals surface area contributed by atoms with Gasteiger partial charge in [-0.15, -0.1) is 0 Å². The van der Waals surface area contributed by atoms with Crippen molar-refractivity contribution in [3.63, 3.8) is 0 Å². The highest BCUT2D eigenvalue weighted by Crippen LogP contribution is 2.19. The monoisotopic (exact) mass is 262 g/mol. The third-order valence-electron chi connectivity index (χ3n) is 3.69. The smallest absolute Gasteiger partial charge is 0.224 e. The molecular formula is C15H22N2O2. The number of benzene rings is 1. The fourth-order valence-corrected chi connectivity index (χ4v) is 2.61. The Hall–Kier alpha value is -1.55. The number of carbonyl (C=O) groups excluding carboxylic acids is 1. The van der Waals surface area contributed by atoms with Crippen LogP contribution in [0.25, 0.3) is 0 Å². The van der Waals surface area contributed by atoms with Crippen LogP contribution in [0.5, 0.6) is 5.75 Å². The van der Waals surface area contributed by atoms with Gasteiger partial charge in [-0.1, -0.05) is 12.1 Å². The fraction of sp³-hybridized carbons (Fsp3) is 0.533. The van der Waals surface area contributed by atoms with Crippen LogP contribution in [0.4, 0.5) is 0 Å². The Balaban J connectivity index is 1.92. The number of methoxy groups -OCH3 is 1. The first kappa shape index (κ1) is 13.9. The molecule has 1 aliphatic rings. The van der Waals surface area contributed by atoms with Gasteiger partial charge in [0.15, 0.2) is 0 Å². The summed E-state index contributed by atoms with van der Waals surface area (Å²) in [7, 11) is 3.39. The van der Waals surface area contributed by atoms with Crippen LogP contribution in [-0.4, -0.2) is 38.1 Å². The van der Waals surface area contributed by atoms with Gasteiger partial charge in [-0.05, 0) is 37.1 Å². The molecule has 0 bridgehead atoms. The molecule has 1 aromatic rings. The highest BCUT2D eigenvalue weighted by atomic mass is 16.5. The molecule has 2 rings (SSSR count). The van der Waals surface area contributed by atoms with Crippen molar-refractivity contribution in [1.82, 2.24) is 10.2 Å². The van der Waals surface area contributed by atoms with Crippen molar-refractivity contribution in [2.75, 3.05) is 27.2 Å². The molecule has 104 valence electrons. The third kappa shape index (κ3) is 3.70. The normalized spacial score (nSPS) is 20.0. The van der Waals surface area contributed by atoms with Gasteiger partial charge >= 0.3 is 0 Å². The van der Waals surface area contributed by atoms with Crippen molar-refractivity contribution in [3.05, 3.63) is 29.8 Å². The number of nitrogens with one attached hydrogen (secondary N) is 1. The van der Waals surface area contributed by atoms with E-state index in [1.165, 1.54) is 5.56 Å². The van der Waals surface area contributed by atoms with Crippen molar-refractivity contribution in [2.45, 2.75) is 19.4 Å². The minimum absolute atomic E-state index is 0.136. The van der Waals surface area contributed by atoms with Gasteiger partial charge < -0.3 is 10.1 Å². The molecule has 0 saturated carbocycles. The Labute approximate surface area is 114 Å².